The van der Waals surface area contributed by atoms with E-state index >= 15 is 0 Å². The third kappa shape index (κ3) is 6.57. The van der Waals surface area contributed by atoms with E-state index in [4.69, 9.17) is 11.6 Å². The Morgan fingerprint density at radius 2 is 1.90 bits per heavy atom. The van der Waals surface area contributed by atoms with Crippen LogP contribution in [0, 0.1) is 0 Å². The van der Waals surface area contributed by atoms with Gasteiger partial charge >= 0.3 is 6.18 Å². The zero-order valence-electron chi connectivity index (χ0n) is 21.6. The first kappa shape index (κ1) is 28.7. The Labute approximate surface area is 234 Å². The molecular formula is C25H29ClF3N7O3S. The predicted molar refractivity (Wildman–Crippen MR) is 144 cm³/mol. The number of nitrogens with zero attached hydrogens (tertiary/aromatic N) is 6. The summed E-state index contributed by atoms with van der Waals surface area (Å²) in [6.45, 7) is 2.62. The Kier molecular flexibility index (Phi) is 8.08. The fourth-order valence-corrected chi connectivity index (χ4v) is 6.19. The van der Waals surface area contributed by atoms with Crippen molar-refractivity contribution in [3.8, 4) is 17.1 Å². The number of hydrogen-bond acceptors (Lipinski definition) is 8. The van der Waals surface area contributed by atoms with Crippen LogP contribution >= 0.6 is 11.6 Å². The van der Waals surface area contributed by atoms with Gasteiger partial charge in [-0.05, 0) is 37.0 Å². The molecule has 0 radical (unpaired) electrons. The molecule has 10 nitrogen and oxygen atoms in total. The maximum absolute atomic E-state index is 13.9. The van der Waals surface area contributed by atoms with Crippen LogP contribution in [-0.2, 0) is 22.7 Å². The molecule has 0 spiro atoms. The average molecular weight is 600 g/mol. The van der Waals surface area contributed by atoms with Gasteiger partial charge in [0.25, 0.3) is 0 Å². The van der Waals surface area contributed by atoms with Gasteiger partial charge in [0.15, 0.2) is 0 Å². The van der Waals surface area contributed by atoms with Gasteiger partial charge in [0.1, 0.15) is 23.3 Å². The minimum absolute atomic E-state index is 0.00383. The maximum atomic E-state index is 13.9. The second kappa shape index (κ2) is 11.2. The lowest BCUT2D eigenvalue weighted by atomic mass is 10.1. The minimum atomic E-state index is -4.71. The predicted octanol–water partition coefficient (Wildman–Crippen LogP) is 3.40. The molecule has 40 heavy (non-hydrogen) atoms. The SMILES string of the molecule is CS(=O)(=O)N1CCC(Nc2ncc(C(F)(F)F)c(-c3cn(-c4ccc(CN5CCC(O)C5)cc4Cl)cn3)n2)CC1. The summed E-state index contributed by atoms with van der Waals surface area (Å²) < 4.78 is 68.0. The van der Waals surface area contributed by atoms with Crippen molar-refractivity contribution in [2.24, 2.45) is 0 Å². The van der Waals surface area contributed by atoms with E-state index in [-0.39, 0.29) is 29.5 Å². The number of β-amino-alcohol motifs (C(OH)–C–C–N with tert-alkyl or cyclic N) is 1. The number of likely N-dealkylation sites (tertiary alicyclic amines) is 1. The highest BCUT2D eigenvalue weighted by Gasteiger charge is 2.36. The van der Waals surface area contributed by atoms with Crippen molar-refractivity contribution in [3.63, 3.8) is 0 Å². The molecule has 2 aromatic heterocycles. The molecule has 1 unspecified atom stereocenters. The highest BCUT2D eigenvalue weighted by Crippen LogP contribution is 2.36. The van der Waals surface area contributed by atoms with E-state index in [1.54, 1.807) is 12.1 Å². The Bertz CT molecular complexity index is 1480. The molecule has 15 heteroatoms. The Balaban J connectivity index is 1.36. The molecule has 0 aliphatic carbocycles. The van der Waals surface area contributed by atoms with Gasteiger partial charge in [-0.1, -0.05) is 17.7 Å². The molecule has 0 saturated carbocycles. The van der Waals surface area contributed by atoms with Crippen LogP contribution in [0.5, 0.6) is 0 Å². The maximum Gasteiger partial charge on any atom is 0.420 e. The van der Waals surface area contributed by atoms with Crippen LogP contribution in [0.4, 0.5) is 19.1 Å². The molecule has 4 heterocycles. The first-order chi connectivity index (χ1) is 18.9. The standard InChI is InChI=1S/C25H29ClF3N7O3S/c1-40(38,39)36-8-4-17(5-9-36)32-24-30-11-19(25(27,28)29)23(33-24)21-14-35(15-31-21)22-3-2-16(10-20(22)26)12-34-7-6-18(37)13-34/h2-3,10-11,14-15,17-18,37H,4-9,12-13H2,1H3,(H,30,32,33). The molecule has 2 fully saturated rings. The molecule has 1 aromatic carbocycles. The van der Waals surface area contributed by atoms with Gasteiger partial charge in [-0.15, -0.1) is 0 Å². The van der Waals surface area contributed by atoms with Crippen molar-refractivity contribution >= 4 is 27.6 Å². The number of halogens is 4. The number of alkyl halides is 3. The Morgan fingerprint density at radius 3 is 2.52 bits per heavy atom. The van der Waals surface area contributed by atoms with Crippen molar-refractivity contribution in [3.05, 3.63) is 53.1 Å². The van der Waals surface area contributed by atoms with Crippen molar-refractivity contribution in [1.82, 2.24) is 28.7 Å². The summed E-state index contributed by atoms with van der Waals surface area (Å²) in [5.41, 5.74) is 0.0959. The number of nitrogens with one attached hydrogen (secondary N) is 1. The summed E-state index contributed by atoms with van der Waals surface area (Å²) in [4.78, 5) is 14.4. The minimum Gasteiger partial charge on any atom is -0.392 e. The number of anilines is 1. The van der Waals surface area contributed by atoms with Gasteiger partial charge in [0, 0.05) is 51.2 Å². The van der Waals surface area contributed by atoms with Crippen molar-refractivity contribution in [2.45, 2.75) is 44.1 Å². The van der Waals surface area contributed by atoms with Gasteiger partial charge < -0.3 is 15.0 Å². The fraction of sp³-hybridized carbons (Fsp3) is 0.480. The average Bonchev–Trinajstić information content (AvgIpc) is 3.52. The lowest BCUT2D eigenvalue weighted by molar-refractivity contribution is -0.137. The molecule has 3 aromatic rings. The summed E-state index contributed by atoms with van der Waals surface area (Å²) >= 11 is 6.54. The van der Waals surface area contributed by atoms with Crippen LogP contribution < -0.4 is 5.32 Å². The molecule has 2 aliphatic heterocycles. The largest absolute Gasteiger partial charge is 0.420 e. The number of aliphatic hydroxyl groups is 1. The summed E-state index contributed by atoms with van der Waals surface area (Å²) in [7, 11) is -3.30. The second-order valence-electron chi connectivity index (χ2n) is 10.2. The van der Waals surface area contributed by atoms with E-state index in [1.807, 2.05) is 6.07 Å². The third-order valence-corrected chi connectivity index (χ3v) is 8.73. The van der Waals surface area contributed by atoms with Gasteiger partial charge in [-0.3, -0.25) is 4.90 Å². The quantitative estimate of drug-likeness (QED) is 0.425. The van der Waals surface area contributed by atoms with E-state index in [1.165, 1.54) is 21.4 Å². The summed E-state index contributed by atoms with van der Waals surface area (Å²) in [6.07, 6.45) is 1.31. The zero-order chi connectivity index (χ0) is 28.7. The molecular weight excluding hydrogens is 571 g/mol. The van der Waals surface area contributed by atoms with Crippen molar-refractivity contribution < 1.29 is 26.7 Å². The number of aliphatic hydroxyl groups excluding tert-OH is 1. The highest BCUT2D eigenvalue weighted by atomic mass is 35.5. The van der Waals surface area contributed by atoms with Crippen LogP contribution in [0.3, 0.4) is 0 Å². The molecule has 2 aliphatic rings. The smallest absolute Gasteiger partial charge is 0.392 e. The number of rotatable bonds is 7. The molecule has 216 valence electrons. The molecule has 0 bridgehead atoms. The lowest BCUT2D eigenvalue weighted by Crippen LogP contribution is -2.42. The van der Waals surface area contributed by atoms with E-state index in [0.29, 0.717) is 49.7 Å². The lowest BCUT2D eigenvalue weighted by Gasteiger charge is -2.30. The number of imidazole rings is 1. The van der Waals surface area contributed by atoms with Crippen LogP contribution in [0.25, 0.3) is 17.1 Å². The normalized spacial score (nSPS) is 19.8. The van der Waals surface area contributed by atoms with Gasteiger partial charge in [-0.2, -0.15) is 13.2 Å². The number of hydrogen-bond donors (Lipinski definition) is 2. The first-order valence-electron chi connectivity index (χ1n) is 12.8. The number of aromatic nitrogens is 4. The van der Waals surface area contributed by atoms with Gasteiger partial charge in [0.2, 0.25) is 16.0 Å². The molecule has 1 atom stereocenters. The van der Waals surface area contributed by atoms with E-state index in [9.17, 15) is 26.7 Å². The summed E-state index contributed by atoms with van der Waals surface area (Å²) in [5, 5.41) is 13.2. The number of benzene rings is 1. The van der Waals surface area contributed by atoms with E-state index in [2.05, 4.69) is 25.2 Å². The molecule has 2 N–H and O–H groups in total. The topological polar surface area (TPSA) is 116 Å². The molecule has 2 saturated heterocycles. The second-order valence-corrected chi connectivity index (χ2v) is 12.6. The Hall–Kier alpha value is -2.78. The van der Waals surface area contributed by atoms with Crippen molar-refractivity contribution in [1.29, 1.82) is 0 Å². The highest BCUT2D eigenvalue weighted by molar-refractivity contribution is 7.88. The monoisotopic (exact) mass is 599 g/mol. The third-order valence-electron chi connectivity index (χ3n) is 7.12. The summed E-state index contributed by atoms with van der Waals surface area (Å²) in [5.74, 6) is 0.00442. The number of sulfonamides is 1. The zero-order valence-corrected chi connectivity index (χ0v) is 23.2. The summed E-state index contributed by atoms with van der Waals surface area (Å²) in [6, 6.07) is 5.26. The Morgan fingerprint density at radius 1 is 1.15 bits per heavy atom. The molecule has 5 rings (SSSR count). The van der Waals surface area contributed by atoms with Gasteiger partial charge in [-0.25, -0.2) is 27.7 Å². The fourth-order valence-electron chi connectivity index (χ4n) is 5.02. The van der Waals surface area contributed by atoms with Crippen LogP contribution in [-0.4, -0.2) is 86.8 Å². The van der Waals surface area contributed by atoms with Crippen LogP contribution in [0.15, 0.2) is 36.9 Å². The molecule has 0 amide bonds. The van der Waals surface area contributed by atoms with Crippen molar-refractivity contribution in [2.75, 3.05) is 37.8 Å². The van der Waals surface area contributed by atoms with Crippen LogP contribution in [0.1, 0.15) is 30.4 Å². The van der Waals surface area contributed by atoms with Gasteiger partial charge in [0.05, 0.1) is 23.1 Å². The number of piperidine rings is 1. The van der Waals surface area contributed by atoms with E-state index in [0.717, 1.165) is 31.0 Å². The van der Waals surface area contributed by atoms with Crippen LogP contribution in [0.2, 0.25) is 5.02 Å². The first-order valence-corrected chi connectivity index (χ1v) is 15.0. The van der Waals surface area contributed by atoms with E-state index < -0.39 is 21.8 Å².